The third kappa shape index (κ3) is 3.06. The van der Waals surface area contributed by atoms with Crippen molar-refractivity contribution in [2.24, 2.45) is 5.92 Å². The van der Waals surface area contributed by atoms with Gasteiger partial charge < -0.3 is 5.11 Å². The summed E-state index contributed by atoms with van der Waals surface area (Å²) < 4.78 is 26.4. The van der Waals surface area contributed by atoms with Crippen molar-refractivity contribution >= 4 is 33.2 Å². The molecule has 4 nitrogen and oxygen atoms in total. The fraction of sp³-hybridized carbons (Fsp3) is 0.500. The van der Waals surface area contributed by atoms with Gasteiger partial charge in [0, 0.05) is 18.1 Å². The van der Waals surface area contributed by atoms with Crippen LogP contribution in [-0.2, 0) is 10.0 Å². The minimum Gasteiger partial charge on any atom is -0.393 e. The highest BCUT2D eigenvalue weighted by Crippen LogP contribution is 2.30. The topological polar surface area (TPSA) is 57.6 Å². The van der Waals surface area contributed by atoms with Crippen LogP contribution in [0.3, 0.4) is 0 Å². The Morgan fingerprint density at radius 2 is 2.05 bits per heavy atom. The largest absolute Gasteiger partial charge is 0.393 e. The second-order valence-corrected chi connectivity index (χ2v) is 7.52. The SMILES string of the molecule is CC1CN(S(=O)(=O)c2cc(Cl)ccc2Cl)CCC1O. The van der Waals surface area contributed by atoms with Gasteiger partial charge in [-0.1, -0.05) is 30.1 Å². The number of aliphatic hydroxyl groups is 1. The first kappa shape index (κ1) is 15.1. The minimum atomic E-state index is -3.67. The maximum Gasteiger partial charge on any atom is 0.244 e. The molecule has 0 radical (unpaired) electrons. The predicted octanol–water partition coefficient (Wildman–Crippen LogP) is 2.38. The van der Waals surface area contributed by atoms with Crippen LogP contribution in [-0.4, -0.2) is 37.0 Å². The highest BCUT2D eigenvalue weighted by Gasteiger charge is 2.33. The van der Waals surface area contributed by atoms with Gasteiger partial charge in [-0.2, -0.15) is 4.31 Å². The van der Waals surface area contributed by atoms with E-state index in [0.29, 0.717) is 11.4 Å². The van der Waals surface area contributed by atoms with Gasteiger partial charge >= 0.3 is 0 Å². The molecule has 0 aromatic heterocycles. The molecule has 0 amide bonds. The lowest BCUT2D eigenvalue weighted by atomic mass is 9.99. The molecular weight excluding hydrogens is 309 g/mol. The molecule has 1 aliphatic rings. The molecule has 1 saturated heterocycles. The summed E-state index contributed by atoms with van der Waals surface area (Å²) >= 11 is 11.8. The summed E-state index contributed by atoms with van der Waals surface area (Å²) in [4.78, 5) is 0.0188. The van der Waals surface area contributed by atoms with E-state index in [4.69, 9.17) is 23.2 Å². The molecule has 7 heteroatoms. The van der Waals surface area contributed by atoms with Crippen molar-refractivity contribution in [2.45, 2.75) is 24.3 Å². The normalized spacial score (nSPS) is 25.5. The van der Waals surface area contributed by atoms with E-state index in [1.807, 2.05) is 6.92 Å². The molecule has 2 atom stereocenters. The number of nitrogens with zero attached hydrogens (tertiary/aromatic N) is 1. The molecule has 1 aliphatic heterocycles. The smallest absolute Gasteiger partial charge is 0.244 e. The van der Waals surface area contributed by atoms with E-state index in [1.165, 1.54) is 16.4 Å². The van der Waals surface area contributed by atoms with E-state index in [1.54, 1.807) is 6.07 Å². The van der Waals surface area contributed by atoms with Crippen LogP contribution < -0.4 is 0 Å². The fourth-order valence-electron chi connectivity index (χ4n) is 2.13. The average molecular weight is 324 g/mol. The van der Waals surface area contributed by atoms with Crippen molar-refractivity contribution in [1.82, 2.24) is 4.31 Å². The first-order valence-electron chi connectivity index (χ1n) is 5.95. The number of hydrogen-bond acceptors (Lipinski definition) is 3. The maximum absolute atomic E-state index is 12.5. The summed E-state index contributed by atoms with van der Waals surface area (Å²) in [5.74, 6) is -0.0958. The summed E-state index contributed by atoms with van der Waals surface area (Å²) in [6, 6.07) is 4.37. The van der Waals surface area contributed by atoms with Gasteiger partial charge in [0.2, 0.25) is 10.0 Å². The molecule has 106 valence electrons. The predicted molar refractivity (Wildman–Crippen MR) is 75.0 cm³/mol. The Labute approximate surface area is 123 Å². The fourth-order valence-corrected chi connectivity index (χ4v) is 4.42. The Morgan fingerprint density at radius 3 is 2.68 bits per heavy atom. The summed E-state index contributed by atoms with van der Waals surface area (Å²) in [7, 11) is -3.67. The molecular formula is C12H15Cl2NO3S. The molecule has 1 fully saturated rings. The number of aliphatic hydroxyl groups excluding tert-OH is 1. The van der Waals surface area contributed by atoms with Crippen molar-refractivity contribution in [3.05, 3.63) is 28.2 Å². The van der Waals surface area contributed by atoms with Crippen LogP contribution in [0.25, 0.3) is 0 Å². The Kier molecular flexibility index (Phi) is 4.42. The van der Waals surface area contributed by atoms with Gasteiger partial charge in [-0.3, -0.25) is 0 Å². The molecule has 2 rings (SSSR count). The summed E-state index contributed by atoms with van der Waals surface area (Å²) in [6.45, 7) is 2.40. The third-order valence-corrected chi connectivity index (χ3v) is 5.92. The van der Waals surface area contributed by atoms with E-state index in [9.17, 15) is 13.5 Å². The molecule has 1 N–H and O–H groups in total. The van der Waals surface area contributed by atoms with Gasteiger partial charge in [0.25, 0.3) is 0 Å². The number of benzene rings is 1. The average Bonchev–Trinajstić information content (AvgIpc) is 2.35. The molecule has 1 aromatic rings. The van der Waals surface area contributed by atoms with Gasteiger partial charge in [-0.15, -0.1) is 0 Å². The molecule has 1 aromatic carbocycles. The second-order valence-electron chi connectivity index (χ2n) is 4.77. The van der Waals surface area contributed by atoms with Crippen molar-refractivity contribution in [3.63, 3.8) is 0 Å². The molecule has 19 heavy (non-hydrogen) atoms. The first-order chi connectivity index (χ1) is 8.82. The Morgan fingerprint density at radius 1 is 1.37 bits per heavy atom. The standard InChI is InChI=1S/C12H15Cl2NO3S/c1-8-7-15(5-4-11(8)16)19(17,18)12-6-9(13)2-3-10(12)14/h2-3,6,8,11,16H,4-5,7H2,1H3. The molecule has 0 aliphatic carbocycles. The van der Waals surface area contributed by atoms with E-state index < -0.39 is 16.1 Å². The summed E-state index contributed by atoms with van der Waals surface area (Å²) in [5.41, 5.74) is 0. The van der Waals surface area contributed by atoms with Crippen LogP contribution in [0.1, 0.15) is 13.3 Å². The van der Waals surface area contributed by atoms with Crippen molar-refractivity contribution in [3.8, 4) is 0 Å². The highest BCUT2D eigenvalue weighted by molar-refractivity contribution is 7.89. The Bertz CT molecular complexity index is 576. The van der Waals surface area contributed by atoms with Gasteiger partial charge in [-0.05, 0) is 30.5 Å². The van der Waals surface area contributed by atoms with E-state index in [0.717, 1.165) is 0 Å². The lowest BCUT2D eigenvalue weighted by Gasteiger charge is -2.33. The molecule has 0 saturated carbocycles. The number of rotatable bonds is 2. The monoisotopic (exact) mass is 323 g/mol. The number of piperidine rings is 1. The van der Waals surface area contributed by atoms with Crippen molar-refractivity contribution < 1.29 is 13.5 Å². The number of halogens is 2. The maximum atomic E-state index is 12.5. The quantitative estimate of drug-likeness (QED) is 0.909. The Hall–Kier alpha value is -0.330. The van der Waals surface area contributed by atoms with Gasteiger partial charge in [0.05, 0.1) is 11.1 Å². The van der Waals surface area contributed by atoms with Crippen LogP contribution in [0.15, 0.2) is 23.1 Å². The highest BCUT2D eigenvalue weighted by atomic mass is 35.5. The number of hydrogen-bond donors (Lipinski definition) is 1. The zero-order valence-electron chi connectivity index (χ0n) is 10.4. The number of sulfonamides is 1. The molecule has 0 spiro atoms. The van der Waals surface area contributed by atoms with Crippen molar-refractivity contribution in [2.75, 3.05) is 13.1 Å². The molecule has 2 unspecified atom stereocenters. The first-order valence-corrected chi connectivity index (χ1v) is 8.15. The van der Waals surface area contributed by atoms with Crippen LogP contribution in [0.2, 0.25) is 10.0 Å². The second kappa shape index (κ2) is 5.58. The van der Waals surface area contributed by atoms with Crippen molar-refractivity contribution in [1.29, 1.82) is 0 Å². The Balaban J connectivity index is 2.35. The minimum absolute atomic E-state index is 0.0188. The molecule has 0 bridgehead atoms. The lowest BCUT2D eigenvalue weighted by molar-refractivity contribution is 0.0628. The van der Waals surface area contributed by atoms with E-state index in [2.05, 4.69) is 0 Å². The zero-order chi connectivity index (χ0) is 14.2. The van der Waals surface area contributed by atoms with Crippen LogP contribution in [0.5, 0.6) is 0 Å². The van der Waals surface area contributed by atoms with E-state index in [-0.39, 0.29) is 28.9 Å². The zero-order valence-corrected chi connectivity index (χ0v) is 12.7. The third-order valence-electron chi connectivity index (χ3n) is 3.33. The van der Waals surface area contributed by atoms with Gasteiger partial charge in [0.15, 0.2) is 0 Å². The summed E-state index contributed by atoms with van der Waals surface area (Å²) in [5, 5.41) is 10.1. The van der Waals surface area contributed by atoms with Gasteiger partial charge in [0.1, 0.15) is 4.90 Å². The summed E-state index contributed by atoms with van der Waals surface area (Å²) in [6.07, 6.45) is -0.0280. The van der Waals surface area contributed by atoms with E-state index >= 15 is 0 Å². The van der Waals surface area contributed by atoms with Crippen LogP contribution in [0.4, 0.5) is 0 Å². The lowest BCUT2D eigenvalue weighted by Crippen LogP contribution is -2.44. The van der Waals surface area contributed by atoms with Crippen LogP contribution >= 0.6 is 23.2 Å². The van der Waals surface area contributed by atoms with Crippen LogP contribution in [0, 0.1) is 5.92 Å². The van der Waals surface area contributed by atoms with Gasteiger partial charge in [-0.25, -0.2) is 8.42 Å². The molecule has 1 heterocycles.